The minimum atomic E-state index is -4.52. The van der Waals surface area contributed by atoms with E-state index < -0.39 is 21.8 Å². The third-order valence-corrected chi connectivity index (χ3v) is 5.57. The minimum Gasteiger partial charge on any atom is -0.367 e. The Balaban J connectivity index is 1.53. The summed E-state index contributed by atoms with van der Waals surface area (Å²) in [5, 5.41) is 15.3. The summed E-state index contributed by atoms with van der Waals surface area (Å²) in [6, 6.07) is 8.62. The standard InChI is InChI=1S/C18H19F3N6O2S/c1-12-11-13(2)27(26-12)17-8-7-16(24-25-17)22-9-10-23-30(28,29)15-5-3-14(4-6-15)18(19,20)21/h3-8,11,23H,9-10H2,1-2H3,(H,22,24). The number of nitrogens with zero attached hydrogens (tertiary/aromatic N) is 4. The van der Waals surface area contributed by atoms with Gasteiger partial charge < -0.3 is 5.32 Å². The number of rotatable bonds is 7. The molecular weight excluding hydrogens is 421 g/mol. The van der Waals surface area contributed by atoms with Crippen molar-refractivity contribution >= 4 is 15.8 Å². The first-order chi connectivity index (χ1) is 14.1. The van der Waals surface area contributed by atoms with Crippen LogP contribution in [0, 0.1) is 13.8 Å². The summed E-state index contributed by atoms with van der Waals surface area (Å²) in [5.41, 5.74) is 0.864. The molecule has 0 aliphatic heterocycles. The first kappa shape index (κ1) is 21.7. The first-order valence-electron chi connectivity index (χ1n) is 8.84. The average Bonchev–Trinajstić information content (AvgIpc) is 3.03. The lowest BCUT2D eigenvalue weighted by atomic mass is 10.2. The SMILES string of the molecule is Cc1cc(C)n(-c2ccc(NCCNS(=O)(=O)c3ccc(C(F)(F)F)cc3)nn2)n1. The second-order valence-electron chi connectivity index (χ2n) is 6.46. The van der Waals surface area contributed by atoms with Gasteiger partial charge in [-0.05, 0) is 56.3 Å². The van der Waals surface area contributed by atoms with Gasteiger partial charge in [-0.2, -0.15) is 18.3 Å². The molecule has 0 unspecified atom stereocenters. The molecule has 0 aliphatic rings. The Hall–Kier alpha value is -2.99. The number of aromatic nitrogens is 4. The van der Waals surface area contributed by atoms with E-state index in [1.807, 2.05) is 19.9 Å². The molecule has 0 atom stereocenters. The summed E-state index contributed by atoms with van der Waals surface area (Å²) in [6.07, 6.45) is -4.52. The molecule has 0 radical (unpaired) electrons. The van der Waals surface area contributed by atoms with Crippen LogP contribution < -0.4 is 10.0 Å². The Morgan fingerprint density at radius 3 is 2.23 bits per heavy atom. The molecule has 3 rings (SSSR count). The van der Waals surface area contributed by atoms with Crippen molar-refractivity contribution in [3.8, 4) is 5.82 Å². The summed E-state index contributed by atoms with van der Waals surface area (Å²) in [5.74, 6) is 0.989. The molecule has 0 saturated carbocycles. The van der Waals surface area contributed by atoms with Gasteiger partial charge in [0.1, 0.15) is 5.82 Å². The Morgan fingerprint density at radius 2 is 1.70 bits per heavy atom. The van der Waals surface area contributed by atoms with Crippen molar-refractivity contribution in [1.29, 1.82) is 0 Å². The predicted octanol–water partition coefficient (Wildman–Crippen LogP) is 2.69. The molecule has 2 N–H and O–H groups in total. The highest BCUT2D eigenvalue weighted by Gasteiger charge is 2.30. The van der Waals surface area contributed by atoms with E-state index in [1.165, 1.54) is 0 Å². The van der Waals surface area contributed by atoms with Crippen molar-refractivity contribution in [1.82, 2.24) is 24.7 Å². The zero-order valence-corrected chi connectivity index (χ0v) is 16.9. The summed E-state index contributed by atoms with van der Waals surface area (Å²) < 4.78 is 66.1. The lowest BCUT2D eigenvalue weighted by Crippen LogP contribution is -2.29. The predicted molar refractivity (Wildman–Crippen MR) is 104 cm³/mol. The molecule has 12 heteroatoms. The zero-order valence-electron chi connectivity index (χ0n) is 16.1. The normalized spacial score (nSPS) is 12.2. The third-order valence-electron chi connectivity index (χ3n) is 4.09. The molecule has 3 aromatic rings. The van der Waals surface area contributed by atoms with Crippen molar-refractivity contribution in [2.24, 2.45) is 0 Å². The van der Waals surface area contributed by atoms with E-state index in [9.17, 15) is 21.6 Å². The summed E-state index contributed by atoms with van der Waals surface area (Å²) >= 11 is 0. The zero-order chi connectivity index (χ0) is 21.9. The van der Waals surface area contributed by atoms with E-state index in [-0.39, 0.29) is 18.0 Å². The second-order valence-corrected chi connectivity index (χ2v) is 8.23. The molecule has 0 spiro atoms. The van der Waals surface area contributed by atoms with E-state index in [0.29, 0.717) is 11.6 Å². The van der Waals surface area contributed by atoms with Crippen LogP contribution in [0.25, 0.3) is 5.82 Å². The van der Waals surface area contributed by atoms with Crippen molar-refractivity contribution in [2.45, 2.75) is 24.9 Å². The van der Waals surface area contributed by atoms with Crippen molar-refractivity contribution in [2.75, 3.05) is 18.4 Å². The molecule has 1 aromatic carbocycles. The van der Waals surface area contributed by atoms with E-state index in [2.05, 4.69) is 25.3 Å². The fraction of sp³-hybridized carbons (Fsp3) is 0.278. The molecule has 2 heterocycles. The van der Waals surface area contributed by atoms with Crippen LogP contribution in [-0.4, -0.2) is 41.5 Å². The smallest absolute Gasteiger partial charge is 0.367 e. The van der Waals surface area contributed by atoms with Crippen LogP contribution in [0.3, 0.4) is 0 Å². The van der Waals surface area contributed by atoms with Crippen molar-refractivity contribution < 1.29 is 21.6 Å². The fourth-order valence-electron chi connectivity index (χ4n) is 2.68. The summed E-state index contributed by atoms with van der Waals surface area (Å²) in [4.78, 5) is -0.246. The Labute approximate surface area is 171 Å². The van der Waals surface area contributed by atoms with Gasteiger partial charge in [0.25, 0.3) is 0 Å². The van der Waals surface area contributed by atoms with Gasteiger partial charge >= 0.3 is 6.18 Å². The van der Waals surface area contributed by atoms with Gasteiger partial charge in [-0.3, -0.25) is 0 Å². The average molecular weight is 440 g/mol. The van der Waals surface area contributed by atoms with Gasteiger partial charge in [0.15, 0.2) is 5.82 Å². The maximum absolute atomic E-state index is 12.6. The number of hydrogen-bond acceptors (Lipinski definition) is 6. The molecular formula is C18H19F3N6O2S. The topological polar surface area (TPSA) is 102 Å². The highest BCUT2D eigenvalue weighted by atomic mass is 32.2. The van der Waals surface area contributed by atoms with Crippen LogP contribution in [0.15, 0.2) is 47.4 Å². The summed E-state index contributed by atoms with van der Waals surface area (Å²) in [6.45, 7) is 3.98. The Morgan fingerprint density at radius 1 is 1.00 bits per heavy atom. The second kappa shape index (κ2) is 8.40. The van der Waals surface area contributed by atoms with Gasteiger partial charge in [-0.1, -0.05) is 0 Å². The van der Waals surface area contributed by atoms with Crippen molar-refractivity contribution in [3.05, 3.63) is 59.4 Å². The van der Waals surface area contributed by atoms with Crippen LogP contribution in [0.1, 0.15) is 17.0 Å². The number of sulfonamides is 1. The Kier molecular flexibility index (Phi) is 6.08. The summed E-state index contributed by atoms with van der Waals surface area (Å²) in [7, 11) is -3.93. The number of aryl methyl sites for hydroxylation is 2. The van der Waals surface area contributed by atoms with Crippen molar-refractivity contribution in [3.63, 3.8) is 0 Å². The number of nitrogens with one attached hydrogen (secondary N) is 2. The monoisotopic (exact) mass is 440 g/mol. The lowest BCUT2D eigenvalue weighted by molar-refractivity contribution is -0.137. The van der Waals surface area contributed by atoms with Crippen LogP contribution in [0.5, 0.6) is 0 Å². The third kappa shape index (κ3) is 5.13. The van der Waals surface area contributed by atoms with Gasteiger partial charge in [0, 0.05) is 18.8 Å². The highest BCUT2D eigenvalue weighted by Crippen LogP contribution is 2.29. The lowest BCUT2D eigenvalue weighted by Gasteiger charge is -2.10. The van der Waals surface area contributed by atoms with Gasteiger partial charge in [-0.25, -0.2) is 17.8 Å². The number of alkyl halides is 3. The maximum Gasteiger partial charge on any atom is 0.416 e. The van der Waals surface area contributed by atoms with E-state index in [1.54, 1.807) is 16.8 Å². The largest absolute Gasteiger partial charge is 0.416 e. The molecule has 0 saturated heterocycles. The maximum atomic E-state index is 12.6. The molecule has 2 aromatic heterocycles. The molecule has 30 heavy (non-hydrogen) atoms. The number of halogens is 3. The molecule has 160 valence electrons. The highest BCUT2D eigenvalue weighted by molar-refractivity contribution is 7.89. The van der Waals surface area contributed by atoms with Gasteiger partial charge in [0.2, 0.25) is 10.0 Å². The number of hydrogen-bond donors (Lipinski definition) is 2. The van der Waals surface area contributed by atoms with E-state index in [4.69, 9.17) is 0 Å². The molecule has 0 fully saturated rings. The van der Waals surface area contributed by atoms with Crippen LogP contribution >= 0.6 is 0 Å². The van der Waals surface area contributed by atoms with Crippen LogP contribution in [0.4, 0.5) is 19.0 Å². The first-order valence-corrected chi connectivity index (χ1v) is 10.3. The quantitative estimate of drug-likeness (QED) is 0.548. The minimum absolute atomic E-state index is 0.00421. The van der Waals surface area contributed by atoms with Gasteiger partial charge in [0.05, 0.1) is 16.2 Å². The van der Waals surface area contributed by atoms with Crippen LogP contribution in [-0.2, 0) is 16.2 Å². The Bertz CT molecular complexity index is 1110. The van der Waals surface area contributed by atoms with Gasteiger partial charge in [-0.15, -0.1) is 10.2 Å². The van der Waals surface area contributed by atoms with E-state index in [0.717, 1.165) is 35.7 Å². The molecule has 8 nitrogen and oxygen atoms in total. The number of anilines is 1. The fourth-order valence-corrected chi connectivity index (χ4v) is 3.71. The number of benzene rings is 1. The molecule has 0 bridgehead atoms. The molecule has 0 aliphatic carbocycles. The van der Waals surface area contributed by atoms with Crippen LogP contribution in [0.2, 0.25) is 0 Å². The van der Waals surface area contributed by atoms with E-state index >= 15 is 0 Å². The molecule has 0 amide bonds.